The molecule has 2 aromatic heterocycles. The Morgan fingerprint density at radius 1 is 1.08 bits per heavy atom. The molecule has 186 valence electrons. The topological polar surface area (TPSA) is 89.6 Å². The van der Waals surface area contributed by atoms with Crippen LogP contribution in [0.25, 0.3) is 5.69 Å². The Labute approximate surface area is 213 Å². The molecule has 4 aromatic rings. The van der Waals surface area contributed by atoms with Gasteiger partial charge in [0.25, 0.3) is 0 Å². The van der Waals surface area contributed by atoms with Crippen LogP contribution in [0.15, 0.2) is 61.1 Å². The van der Waals surface area contributed by atoms with Gasteiger partial charge < -0.3 is 23.5 Å². The van der Waals surface area contributed by atoms with Gasteiger partial charge in [0.1, 0.15) is 18.5 Å². The lowest BCUT2D eigenvalue weighted by atomic mass is 9.98. The van der Waals surface area contributed by atoms with Crippen molar-refractivity contribution in [3.05, 3.63) is 88.7 Å². The van der Waals surface area contributed by atoms with Crippen LogP contribution in [0.4, 0.5) is 0 Å². The van der Waals surface area contributed by atoms with Crippen LogP contribution in [0.2, 0.25) is 5.02 Å². The third-order valence-corrected chi connectivity index (χ3v) is 6.48. The molecule has 0 saturated carbocycles. The summed E-state index contributed by atoms with van der Waals surface area (Å²) in [7, 11) is 4.53. The summed E-state index contributed by atoms with van der Waals surface area (Å²) in [5, 5.41) is 4.80. The van der Waals surface area contributed by atoms with E-state index in [1.165, 1.54) is 18.1 Å². The minimum atomic E-state index is -0.543. The van der Waals surface area contributed by atoms with E-state index in [2.05, 4.69) is 14.6 Å². The van der Waals surface area contributed by atoms with Crippen molar-refractivity contribution in [1.82, 2.24) is 19.3 Å². The number of rotatable bonds is 7. The molecule has 2 aromatic carbocycles. The molecule has 0 radical (unpaired) electrons. The highest BCUT2D eigenvalue weighted by Crippen LogP contribution is 2.46. The molecule has 0 bridgehead atoms. The second-order valence-corrected chi connectivity index (χ2v) is 8.62. The quantitative estimate of drug-likeness (QED) is 0.332. The molecule has 0 amide bonds. The number of benzene rings is 2. The molecule has 9 nitrogen and oxygen atoms in total. The molecule has 0 spiro atoms. The first kappa shape index (κ1) is 23.9. The van der Waals surface area contributed by atoms with Crippen molar-refractivity contribution in [1.29, 1.82) is 0 Å². The van der Waals surface area contributed by atoms with Crippen molar-refractivity contribution in [2.45, 2.75) is 25.2 Å². The third-order valence-electron chi connectivity index (χ3n) is 6.24. The highest BCUT2D eigenvalue weighted by atomic mass is 35.5. The molecule has 0 fully saturated rings. The van der Waals surface area contributed by atoms with E-state index in [-0.39, 0.29) is 11.9 Å². The molecule has 5 rings (SSSR count). The number of carbonyl (C=O) groups is 1. The predicted molar refractivity (Wildman–Crippen MR) is 132 cm³/mol. The minimum absolute atomic E-state index is 0.141. The smallest absolute Gasteiger partial charge is 0.375 e. The zero-order valence-corrected chi connectivity index (χ0v) is 20.8. The largest absolute Gasteiger partial charge is 0.493 e. The molecule has 3 heterocycles. The Morgan fingerprint density at radius 2 is 1.94 bits per heavy atom. The van der Waals surface area contributed by atoms with Gasteiger partial charge in [-0.2, -0.15) is 5.10 Å². The monoisotopic (exact) mass is 508 g/mol. The van der Waals surface area contributed by atoms with Gasteiger partial charge in [-0.15, -0.1) is 0 Å². The highest BCUT2D eigenvalue weighted by molar-refractivity contribution is 6.30. The summed E-state index contributed by atoms with van der Waals surface area (Å²) in [5.74, 6) is 0.791. The fraction of sp³-hybridized carbons (Fsp3) is 0.269. The molecule has 0 N–H and O–H groups in total. The number of para-hydroxylation sites is 1. The van der Waals surface area contributed by atoms with E-state index in [9.17, 15) is 4.79 Å². The van der Waals surface area contributed by atoms with Crippen molar-refractivity contribution in [3.63, 3.8) is 0 Å². The fourth-order valence-electron chi connectivity index (χ4n) is 4.63. The molecule has 36 heavy (non-hydrogen) atoms. The number of halogens is 1. The summed E-state index contributed by atoms with van der Waals surface area (Å²) in [4.78, 5) is 16.1. The summed E-state index contributed by atoms with van der Waals surface area (Å²) in [6, 6.07) is 15.5. The maximum absolute atomic E-state index is 12.1. The van der Waals surface area contributed by atoms with Crippen molar-refractivity contribution in [2.24, 2.45) is 0 Å². The first-order valence-electron chi connectivity index (χ1n) is 11.3. The second-order valence-electron chi connectivity index (χ2n) is 8.18. The van der Waals surface area contributed by atoms with Crippen LogP contribution in [0.5, 0.6) is 11.5 Å². The lowest BCUT2D eigenvalue weighted by Crippen LogP contribution is -2.17. The number of methoxy groups -OCH3 is 3. The Balaban J connectivity index is 1.59. The summed E-state index contributed by atoms with van der Waals surface area (Å²) in [5.41, 5.74) is 3.62. The normalized spacial score (nSPS) is 16.6. The van der Waals surface area contributed by atoms with Crippen LogP contribution < -0.4 is 9.47 Å². The van der Waals surface area contributed by atoms with Crippen LogP contribution in [-0.4, -0.2) is 46.6 Å². The zero-order valence-electron chi connectivity index (χ0n) is 20.1. The second kappa shape index (κ2) is 10.0. The third kappa shape index (κ3) is 4.20. The van der Waals surface area contributed by atoms with Crippen LogP contribution in [0.1, 0.15) is 46.1 Å². The predicted octanol–water partition coefficient (Wildman–Crippen LogP) is 4.78. The minimum Gasteiger partial charge on any atom is -0.493 e. The van der Waals surface area contributed by atoms with Gasteiger partial charge in [-0.1, -0.05) is 23.7 Å². The molecule has 0 saturated heterocycles. The van der Waals surface area contributed by atoms with E-state index in [0.717, 1.165) is 22.5 Å². The number of hydrogen-bond acceptors (Lipinski definition) is 7. The van der Waals surface area contributed by atoms with Gasteiger partial charge >= 0.3 is 5.97 Å². The Morgan fingerprint density at radius 3 is 2.72 bits per heavy atom. The van der Waals surface area contributed by atoms with Crippen molar-refractivity contribution >= 4 is 17.6 Å². The lowest BCUT2D eigenvalue weighted by Gasteiger charge is -2.25. The number of carbonyl (C=O) groups excluding carboxylic acids is 1. The molecule has 10 heteroatoms. The highest BCUT2D eigenvalue weighted by Gasteiger charge is 2.33. The number of ether oxygens (including phenoxy) is 4. The zero-order chi connectivity index (χ0) is 25.2. The maximum atomic E-state index is 12.1. The summed E-state index contributed by atoms with van der Waals surface area (Å²) in [6.07, 6.45) is 2.98. The van der Waals surface area contributed by atoms with Gasteiger partial charge in [-0.05, 0) is 42.8 Å². The average Bonchev–Trinajstić information content (AvgIpc) is 3.56. The summed E-state index contributed by atoms with van der Waals surface area (Å²) < 4.78 is 26.6. The SMILES string of the molecule is COC(=O)c1ncnn1CC[C@H]1O[C@H](c2cccc(OC)c2OC)c2cc(Cl)ccc2-n2cccc21. The molecular formula is C26H25ClN4O5. The van der Waals surface area contributed by atoms with Crippen molar-refractivity contribution in [3.8, 4) is 17.2 Å². The van der Waals surface area contributed by atoms with E-state index >= 15 is 0 Å². The van der Waals surface area contributed by atoms with E-state index < -0.39 is 12.1 Å². The van der Waals surface area contributed by atoms with E-state index in [4.69, 9.17) is 30.5 Å². The fourth-order valence-corrected chi connectivity index (χ4v) is 4.81. The molecular weight excluding hydrogens is 484 g/mol. The maximum Gasteiger partial charge on any atom is 0.375 e. The number of aromatic nitrogens is 4. The van der Waals surface area contributed by atoms with Gasteiger partial charge in [0, 0.05) is 28.9 Å². The van der Waals surface area contributed by atoms with E-state index in [1.807, 2.05) is 54.7 Å². The van der Waals surface area contributed by atoms with Crippen LogP contribution in [0, 0.1) is 0 Å². The number of hydrogen-bond donors (Lipinski definition) is 0. The number of esters is 1. The molecule has 0 unspecified atom stereocenters. The van der Waals surface area contributed by atoms with Crippen molar-refractivity contribution in [2.75, 3.05) is 21.3 Å². The average molecular weight is 509 g/mol. The van der Waals surface area contributed by atoms with Crippen molar-refractivity contribution < 1.29 is 23.7 Å². The Bertz CT molecular complexity index is 1400. The standard InChI is InChI=1S/C26H25ClN4O5/c1-33-22-8-4-6-17(24(22)34-2)23-18-14-16(27)9-10-19(18)30-12-5-7-20(30)21(36-23)11-13-31-25(26(32)35-3)28-15-29-31/h4-10,12,14-15,21,23H,11,13H2,1-3H3/t21-,23-/m1/s1. The van der Waals surface area contributed by atoms with Crippen LogP contribution in [0.3, 0.4) is 0 Å². The number of nitrogens with zero attached hydrogens (tertiary/aromatic N) is 4. The van der Waals surface area contributed by atoms with E-state index in [0.29, 0.717) is 29.5 Å². The number of fused-ring (bicyclic) bond motifs is 3. The van der Waals surface area contributed by atoms with Crippen LogP contribution in [-0.2, 0) is 16.0 Å². The van der Waals surface area contributed by atoms with Crippen LogP contribution >= 0.6 is 11.6 Å². The van der Waals surface area contributed by atoms with Gasteiger partial charge in [0.2, 0.25) is 5.82 Å². The first-order valence-corrected chi connectivity index (χ1v) is 11.7. The van der Waals surface area contributed by atoms with Gasteiger partial charge in [0.15, 0.2) is 11.5 Å². The van der Waals surface area contributed by atoms with Gasteiger partial charge in [-0.25, -0.2) is 14.5 Å². The molecule has 2 atom stereocenters. The Kier molecular flexibility index (Phi) is 6.67. The first-order chi connectivity index (χ1) is 17.5. The summed E-state index contributed by atoms with van der Waals surface area (Å²) >= 11 is 6.46. The summed E-state index contributed by atoms with van der Waals surface area (Å²) in [6.45, 7) is 0.388. The molecule has 1 aliphatic rings. The Hall–Kier alpha value is -3.82. The van der Waals surface area contributed by atoms with E-state index in [1.54, 1.807) is 14.2 Å². The number of aryl methyl sites for hydroxylation is 1. The van der Waals surface area contributed by atoms with Gasteiger partial charge in [-0.3, -0.25) is 0 Å². The molecule has 0 aliphatic carbocycles. The lowest BCUT2D eigenvalue weighted by molar-refractivity contribution is -0.00194. The van der Waals surface area contributed by atoms with Gasteiger partial charge in [0.05, 0.1) is 32.7 Å². The molecule has 1 aliphatic heterocycles.